The lowest BCUT2D eigenvalue weighted by molar-refractivity contribution is 0.0911. The van der Waals surface area contributed by atoms with E-state index in [9.17, 15) is 4.79 Å². The molecule has 4 rings (SSSR count). The van der Waals surface area contributed by atoms with Crippen LogP contribution in [0.1, 0.15) is 34.3 Å². The molecule has 0 bridgehead atoms. The first-order chi connectivity index (χ1) is 13.2. The van der Waals surface area contributed by atoms with E-state index in [0.29, 0.717) is 0 Å². The molecule has 2 N–H and O–H groups in total. The van der Waals surface area contributed by atoms with Crippen molar-refractivity contribution in [1.82, 2.24) is 15.2 Å². The first-order valence-electron chi connectivity index (χ1n) is 9.84. The van der Waals surface area contributed by atoms with Crippen molar-refractivity contribution < 1.29 is 4.79 Å². The van der Waals surface area contributed by atoms with Gasteiger partial charge >= 0.3 is 0 Å². The fourth-order valence-corrected chi connectivity index (χ4v) is 4.01. The van der Waals surface area contributed by atoms with Gasteiger partial charge < -0.3 is 15.2 Å². The lowest BCUT2D eigenvalue weighted by Crippen LogP contribution is -2.45. The first-order valence-corrected chi connectivity index (χ1v) is 9.84. The Hall–Kier alpha value is -2.59. The third kappa shape index (κ3) is 4.06. The molecule has 140 valence electrons. The highest BCUT2D eigenvalue weighted by Gasteiger charge is 2.21. The Morgan fingerprint density at radius 3 is 2.67 bits per heavy atom. The number of likely N-dealkylation sites (tertiary alicyclic amines) is 1. The standard InChI is InChI=1S/C23H27N3O/c1-17-6-2-3-7-20(17)23(27)25-19-11-14-26(15-12-19)13-10-18-16-24-22-9-5-4-8-21(18)22/h2-9,16,19,24H,10-15H2,1H3,(H,25,27). The molecule has 0 atom stereocenters. The van der Waals surface area contributed by atoms with Gasteiger partial charge in [-0.3, -0.25) is 4.79 Å². The minimum atomic E-state index is 0.0605. The van der Waals surface area contributed by atoms with E-state index in [0.717, 1.165) is 50.0 Å². The Balaban J connectivity index is 1.27. The Kier molecular flexibility index (Phi) is 5.26. The lowest BCUT2D eigenvalue weighted by Gasteiger charge is -2.32. The molecule has 2 aromatic carbocycles. The van der Waals surface area contributed by atoms with Gasteiger partial charge in [0.1, 0.15) is 0 Å². The summed E-state index contributed by atoms with van der Waals surface area (Å²) in [5.74, 6) is 0.0605. The van der Waals surface area contributed by atoms with Gasteiger partial charge in [-0.25, -0.2) is 0 Å². The van der Waals surface area contributed by atoms with Crippen molar-refractivity contribution in [3.8, 4) is 0 Å². The number of aromatic nitrogens is 1. The molecule has 1 saturated heterocycles. The molecule has 4 nitrogen and oxygen atoms in total. The third-order valence-corrected chi connectivity index (χ3v) is 5.68. The molecule has 0 spiro atoms. The summed E-state index contributed by atoms with van der Waals surface area (Å²) in [4.78, 5) is 18.4. The number of fused-ring (bicyclic) bond motifs is 1. The number of piperidine rings is 1. The first kappa shape index (κ1) is 17.8. The molecule has 3 aromatic rings. The maximum atomic E-state index is 12.5. The second kappa shape index (κ2) is 7.97. The summed E-state index contributed by atoms with van der Waals surface area (Å²) in [5, 5.41) is 4.55. The fourth-order valence-electron chi connectivity index (χ4n) is 4.01. The largest absolute Gasteiger partial charge is 0.361 e. The van der Waals surface area contributed by atoms with Crippen LogP contribution >= 0.6 is 0 Å². The number of H-pyrrole nitrogens is 1. The second-order valence-electron chi connectivity index (χ2n) is 7.51. The number of nitrogens with zero attached hydrogens (tertiary/aromatic N) is 1. The quantitative estimate of drug-likeness (QED) is 0.724. The smallest absolute Gasteiger partial charge is 0.251 e. The van der Waals surface area contributed by atoms with Crippen molar-refractivity contribution in [2.45, 2.75) is 32.2 Å². The predicted octanol–water partition coefficient (Wildman–Crippen LogP) is 3.91. The SMILES string of the molecule is Cc1ccccc1C(=O)NC1CCN(CCc2c[nH]c3ccccc23)CC1. The van der Waals surface area contributed by atoms with E-state index < -0.39 is 0 Å². The van der Waals surface area contributed by atoms with E-state index in [1.807, 2.05) is 31.2 Å². The van der Waals surface area contributed by atoms with Crippen LogP contribution in [0.2, 0.25) is 0 Å². The highest BCUT2D eigenvalue weighted by molar-refractivity contribution is 5.95. The van der Waals surface area contributed by atoms with Crippen LogP contribution in [0, 0.1) is 6.92 Å². The van der Waals surface area contributed by atoms with E-state index in [1.54, 1.807) is 0 Å². The van der Waals surface area contributed by atoms with Gasteiger partial charge in [0, 0.05) is 48.3 Å². The zero-order valence-corrected chi connectivity index (χ0v) is 15.9. The van der Waals surface area contributed by atoms with Gasteiger partial charge in [0.05, 0.1) is 0 Å². The molecule has 1 aliphatic rings. The van der Waals surface area contributed by atoms with Crippen LogP contribution in [0.5, 0.6) is 0 Å². The predicted molar refractivity (Wildman–Crippen MR) is 110 cm³/mol. The molecule has 0 saturated carbocycles. The summed E-state index contributed by atoms with van der Waals surface area (Å²) >= 11 is 0. The monoisotopic (exact) mass is 361 g/mol. The number of aromatic amines is 1. The van der Waals surface area contributed by atoms with E-state index in [-0.39, 0.29) is 11.9 Å². The average molecular weight is 361 g/mol. The summed E-state index contributed by atoms with van der Waals surface area (Å²) < 4.78 is 0. The van der Waals surface area contributed by atoms with Crippen LogP contribution in [0.25, 0.3) is 10.9 Å². The van der Waals surface area contributed by atoms with Crippen LogP contribution < -0.4 is 5.32 Å². The topological polar surface area (TPSA) is 48.1 Å². The Morgan fingerprint density at radius 1 is 1.11 bits per heavy atom. The van der Waals surface area contributed by atoms with Gasteiger partial charge in [0.2, 0.25) is 0 Å². The molecule has 4 heteroatoms. The summed E-state index contributed by atoms with van der Waals surface area (Å²) in [6.45, 7) is 5.14. The number of aryl methyl sites for hydroxylation is 1. The number of hydrogen-bond acceptors (Lipinski definition) is 2. The number of hydrogen-bond donors (Lipinski definition) is 2. The molecule has 1 fully saturated rings. The van der Waals surface area contributed by atoms with Crippen molar-refractivity contribution >= 4 is 16.8 Å². The van der Waals surface area contributed by atoms with E-state index in [4.69, 9.17) is 0 Å². The molecule has 2 heterocycles. The number of benzene rings is 2. The minimum absolute atomic E-state index is 0.0605. The summed E-state index contributed by atoms with van der Waals surface area (Å²) in [6, 6.07) is 16.6. The molecule has 1 amide bonds. The zero-order chi connectivity index (χ0) is 18.6. The normalized spacial score (nSPS) is 15.9. The molecule has 0 aliphatic carbocycles. The van der Waals surface area contributed by atoms with Crippen LogP contribution in [-0.2, 0) is 6.42 Å². The number of rotatable bonds is 5. The Labute approximate surface area is 160 Å². The van der Waals surface area contributed by atoms with Crippen molar-refractivity contribution in [2.75, 3.05) is 19.6 Å². The van der Waals surface area contributed by atoms with Gasteiger partial charge in [0.15, 0.2) is 0 Å². The Morgan fingerprint density at radius 2 is 1.85 bits per heavy atom. The van der Waals surface area contributed by atoms with Gasteiger partial charge in [-0.05, 0) is 49.4 Å². The van der Waals surface area contributed by atoms with Crippen molar-refractivity contribution in [1.29, 1.82) is 0 Å². The maximum Gasteiger partial charge on any atom is 0.251 e. The van der Waals surface area contributed by atoms with E-state index in [1.165, 1.54) is 16.5 Å². The van der Waals surface area contributed by atoms with E-state index in [2.05, 4.69) is 45.7 Å². The number of carbonyl (C=O) groups is 1. The molecule has 1 aliphatic heterocycles. The van der Waals surface area contributed by atoms with Crippen LogP contribution in [-0.4, -0.2) is 41.5 Å². The van der Waals surface area contributed by atoms with E-state index >= 15 is 0 Å². The van der Waals surface area contributed by atoms with Crippen molar-refractivity contribution in [2.24, 2.45) is 0 Å². The number of para-hydroxylation sites is 1. The molecule has 0 radical (unpaired) electrons. The van der Waals surface area contributed by atoms with Crippen LogP contribution in [0.15, 0.2) is 54.7 Å². The molecular formula is C23H27N3O. The minimum Gasteiger partial charge on any atom is -0.361 e. The maximum absolute atomic E-state index is 12.5. The van der Waals surface area contributed by atoms with Gasteiger partial charge in [-0.1, -0.05) is 36.4 Å². The zero-order valence-electron chi connectivity index (χ0n) is 15.9. The Bertz CT molecular complexity index is 922. The fraction of sp³-hybridized carbons (Fsp3) is 0.348. The summed E-state index contributed by atoms with van der Waals surface area (Å²) in [7, 11) is 0. The molecule has 0 unspecified atom stereocenters. The molecular weight excluding hydrogens is 334 g/mol. The molecule has 27 heavy (non-hydrogen) atoms. The molecule has 1 aromatic heterocycles. The number of carbonyl (C=O) groups excluding carboxylic acids is 1. The summed E-state index contributed by atoms with van der Waals surface area (Å²) in [5.41, 5.74) is 4.43. The lowest BCUT2D eigenvalue weighted by atomic mass is 10.0. The van der Waals surface area contributed by atoms with Gasteiger partial charge in [-0.15, -0.1) is 0 Å². The average Bonchev–Trinajstić information content (AvgIpc) is 3.11. The van der Waals surface area contributed by atoms with Gasteiger partial charge in [0.25, 0.3) is 5.91 Å². The summed E-state index contributed by atoms with van der Waals surface area (Å²) in [6.07, 6.45) is 5.24. The number of nitrogens with one attached hydrogen (secondary N) is 2. The highest BCUT2D eigenvalue weighted by Crippen LogP contribution is 2.19. The number of amides is 1. The van der Waals surface area contributed by atoms with Crippen molar-refractivity contribution in [3.05, 3.63) is 71.4 Å². The third-order valence-electron chi connectivity index (χ3n) is 5.68. The van der Waals surface area contributed by atoms with Crippen LogP contribution in [0.3, 0.4) is 0 Å². The second-order valence-corrected chi connectivity index (χ2v) is 7.51. The van der Waals surface area contributed by atoms with Crippen molar-refractivity contribution in [3.63, 3.8) is 0 Å². The van der Waals surface area contributed by atoms with Crippen LogP contribution in [0.4, 0.5) is 0 Å². The highest BCUT2D eigenvalue weighted by atomic mass is 16.1. The van der Waals surface area contributed by atoms with Gasteiger partial charge in [-0.2, -0.15) is 0 Å².